The van der Waals surface area contributed by atoms with Gasteiger partial charge in [-0.15, -0.1) is 0 Å². The minimum Gasteiger partial charge on any atom is -0.335 e. The van der Waals surface area contributed by atoms with Crippen molar-refractivity contribution >= 4 is 10.0 Å². The molecule has 126 valence electrons. The van der Waals surface area contributed by atoms with E-state index in [0.29, 0.717) is 5.69 Å². The van der Waals surface area contributed by atoms with E-state index in [9.17, 15) is 8.42 Å². The molecule has 1 aromatic carbocycles. The molecule has 1 fully saturated rings. The zero-order valence-corrected chi connectivity index (χ0v) is 14.5. The van der Waals surface area contributed by atoms with Crippen molar-refractivity contribution in [3.63, 3.8) is 0 Å². The van der Waals surface area contributed by atoms with E-state index in [1.807, 2.05) is 13.1 Å². The number of nitrogens with one attached hydrogen (secondary N) is 1. The Morgan fingerprint density at radius 2 is 1.75 bits per heavy atom. The second-order valence-corrected chi connectivity index (χ2v) is 7.97. The zero-order chi connectivity index (χ0) is 17.2. The van der Waals surface area contributed by atoms with E-state index in [4.69, 9.17) is 5.26 Å². The minimum atomic E-state index is -3.48. The number of nitriles is 1. The molecule has 0 saturated heterocycles. The molecule has 6 heteroatoms. The Morgan fingerprint density at radius 1 is 1.08 bits per heavy atom. The highest BCUT2D eigenvalue weighted by atomic mass is 32.2. The Balaban J connectivity index is 1.80. The lowest BCUT2D eigenvalue weighted by molar-refractivity contribution is 0.412. The molecule has 3 rings (SSSR count). The first-order valence-electron chi connectivity index (χ1n) is 8.20. The summed E-state index contributed by atoms with van der Waals surface area (Å²) in [6, 6.07) is 12.6. The van der Waals surface area contributed by atoms with Crippen molar-refractivity contribution in [1.29, 1.82) is 5.26 Å². The van der Waals surface area contributed by atoms with Crippen molar-refractivity contribution in [2.75, 3.05) is 0 Å². The molecule has 0 atom stereocenters. The summed E-state index contributed by atoms with van der Waals surface area (Å²) in [5.74, 6) is 0. The molecule has 0 radical (unpaired) electrons. The van der Waals surface area contributed by atoms with Crippen LogP contribution in [0.3, 0.4) is 0 Å². The standard InChI is InChI=1S/C18H21N3O2S/c1-21-16(13-19)9-12-18(21)14-7-10-17(11-8-14)24(22,23)20-15-5-3-2-4-6-15/h7-12,15,20H,2-6H2,1H3. The summed E-state index contributed by atoms with van der Waals surface area (Å²) in [4.78, 5) is 0.284. The molecule has 0 amide bonds. The molecule has 1 heterocycles. The molecule has 1 N–H and O–H groups in total. The highest BCUT2D eigenvalue weighted by Crippen LogP contribution is 2.24. The number of benzene rings is 1. The fourth-order valence-electron chi connectivity index (χ4n) is 3.23. The maximum absolute atomic E-state index is 12.5. The third-order valence-corrected chi connectivity index (χ3v) is 6.16. The Labute approximate surface area is 143 Å². The summed E-state index contributed by atoms with van der Waals surface area (Å²) >= 11 is 0. The van der Waals surface area contributed by atoms with Gasteiger partial charge in [-0.1, -0.05) is 31.4 Å². The molecule has 2 aromatic rings. The van der Waals surface area contributed by atoms with Crippen LogP contribution in [0.1, 0.15) is 37.8 Å². The summed E-state index contributed by atoms with van der Waals surface area (Å²) < 4.78 is 29.6. The molecular formula is C18H21N3O2S. The van der Waals surface area contributed by atoms with E-state index in [2.05, 4.69) is 10.8 Å². The molecule has 1 saturated carbocycles. The molecule has 0 spiro atoms. The van der Waals surface area contributed by atoms with Crippen LogP contribution in [0.5, 0.6) is 0 Å². The van der Waals surface area contributed by atoms with Crippen molar-refractivity contribution in [3.8, 4) is 17.3 Å². The predicted molar refractivity (Wildman–Crippen MR) is 92.8 cm³/mol. The Morgan fingerprint density at radius 3 is 2.33 bits per heavy atom. The van der Waals surface area contributed by atoms with Gasteiger partial charge in [0.1, 0.15) is 11.8 Å². The van der Waals surface area contributed by atoms with Crippen LogP contribution in [0, 0.1) is 11.3 Å². The lowest BCUT2D eigenvalue weighted by atomic mass is 9.96. The molecule has 1 aromatic heterocycles. The van der Waals surface area contributed by atoms with E-state index >= 15 is 0 Å². The van der Waals surface area contributed by atoms with Crippen LogP contribution in [0.15, 0.2) is 41.3 Å². The van der Waals surface area contributed by atoms with Gasteiger partial charge >= 0.3 is 0 Å². The molecule has 5 nitrogen and oxygen atoms in total. The second-order valence-electron chi connectivity index (χ2n) is 6.26. The first-order valence-corrected chi connectivity index (χ1v) is 9.68. The number of rotatable bonds is 4. The van der Waals surface area contributed by atoms with E-state index in [-0.39, 0.29) is 10.9 Å². The fraction of sp³-hybridized carbons (Fsp3) is 0.389. The third-order valence-electron chi connectivity index (χ3n) is 4.62. The maximum atomic E-state index is 12.5. The SMILES string of the molecule is Cn1c(C#N)ccc1-c1ccc(S(=O)(=O)NC2CCCCC2)cc1. The van der Waals surface area contributed by atoms with Gasteiger partial charge in [-0.05, 0) is 42.7 Å². The lowest BCUT2D eigenvalue weighted by Crippen LogP contribution is -2.36. The monoisotopic (exact) mass is 343 g/mol. The van der Waals surface area contributed by atoms with Crippen LogP contribution in [-0.2, 0) is 17.1 Å². The predicted octanol–water partition coefficient (Wildman–Crippen LogP) is 3.17. The van der Waals surface area contributed by atoms with E-state index in [1.165, 1.54) is 6.42 Å². The highest BCUT2D eigenvalue weighted by molar-refractivity contribution is 7.89. The Hall–Kier alpha value is -2.10. The first kappa shape index (κ1) is 16.7. The van der Waals surface area contributed by atoms with E-state index in [1.54, 1.807) is 34.9 Å². The summed E-state index contributed by atoms with van der Waals surface area (Å²) in [5.41, 5.74) is 2.34. The molecular weight excluding hydrogens is 322 g/mol. The topological polar surface area (TPSA) is 74.9 Å². The molecule has 0 unspecified atom stereocenters. The smallest absolute Gasteiger partial charge is 0.240 e. The molecule has 0 bridgehead atoms. The second kappa shape index (κ2) is 6.80. The Kier molecular flexibility index (Phi) is 4.74. The van der Waals surface area contributed by atoms with Crippen LogP contribution < -0.4 is 4.72 Å². The van der Waals surface area contributed by atoms with Crippen LogP contribution >= 0.6 is 0 Å². The number of aromatic nitrogens is 1. The summed E-state index contributed by atoms with van der Waals surface area (Å²) in [7, 11) is -1.65. The van der Waals surface area contributed by atoms with Crippen LogP contribution in [0.2, 0.25) is 0 Å². The van der Waals surface area contributed by atoms with Gasteiger partial charge in [-0.2, -0.15) is 5.26 Å². The van der Waals surface area contributed by atoms with Crippen molar-refractivity contribution in [2.24, 2.45) is 7.05 Å². The molecule has 1 aliphatic carbocycles. The Bertz CT molecular complexity index is 855. The summed E-state index contributed by atoms with van der Waals surface area (Å²) in [5, 5.41) is 9.03. The van der Waals surface area contributed by atoms with Crippen LogP contribution in [0.4, 0.5) is 0 Å². The van der Waals surface area contributed by atoms with E-state index in [0.717, 1.165) is 36.9 Å². The van der Waals surface area contributed by atoms with Gasteiger partial charge in [0.25, 0.3) is 0 Å². The van der Waals surface area contributed by atoms with Crippen LogP contribution in [0.25, 0.3) is 11.3 Å². The highest BCUT2D eigenvalue weighted by Gasteiger charge is 2.21. The van der Waals surface area contributed by atoms with Gasteiger partial charge in [0.2, 0.25) is 10.0 Å². The van der Waals surface area contributed by atoms with Gasteiger partial charge in [0.15, 0.2) is 0 Å². The average molecular weight is 343 g/mol. The van der Waals surface area contributed by atoms with Gasteiger partial charge in [0, 0.05) is 18.8 Å². The largest absolute Gasteiger partial charge is 0.335 e. The van der Waals surface area contributed by atoms with E-state index < -0.39 is 10.0 Å². The summed E-state index contributed by atoms with van der Waals surface area (Å²) in [6.45, 7) is 0. The van der Waals surface area contributed by atoms with Crippen molar-refractivity contribution in [3.05, 3.63) is 42.1 Å². The third kappa shape index (κ3) is 3.37. The normalized spacial score (nSPS) is 16.0. The molecule has 0 aliphatic heterocycles. The minimum absolute atomic E-state index is 0.0505. The van der Waals surface area contributed by atoms with Gasteiger partial charge in [0.05, 0.1) is 4.90 Å². The van der Waals surface area contributed by atoms with Gasteiger partial charge in [-0.25, -0.2) is 13.1 Å². The lowest BCUT2D eigenvalue weighted by Gasteiger charge is -2.22. The first-order chi connectivity index (χ1) is 11.5. The van der Waals surface area contributed by atoms with Crippen molar-refractivity contribution in [1.82, 2.24) is 9.29 Å². The number of hydrogen-bond acceptors (Lipinski definition) is 3. The van der Waals surface area contributed by atoms with Crippen molar-refractivity contribution in [2.45, 2.75) is 43.0 Å². The number of nitrogens with zero attached hydrogens (tertiary/aromatic N) is 2. The van der Waals surface area contributed by atoms with Gasteiger partial charge < -0.3 is 4.57 Å². The molecule has 24 heavy (non-hydrogen) atoms. The summed E-state index contributed by atoms with van der Waals surface area (Å²) in [6.07, 6.45) is 5.19. The number of sulfonamides is 1. The molecule has 1 aliphatic rings. The average Bonchev–Trinajstić information content (AvgIpc) is 2.96. The zero-order valence-electron chi connectivity index (χ0n) is 13.7. The van der Waals surface area contributed by atoms with Crippen molar-refractivity contribution < 1.29 is 8.42 Å². The van der Waals surface area contributed by atoms with Crippen LogP contribution in [-0.4, -0.2) is 19.0 Å². The van der Waals surface area contributed by atoms with Gasteiger partial charge in [-0.3, -0.25) is 0 Å². The quantitative estimate of drug-likeness (QED) is 0.926. The maximum Gasteiger partial charge on any atom is 0.240 e. The number of hydrogen-bond donors (Lipinski definition) is 1. The fourth-order valence-corrected chi connectivity index (χ4v) is 4.53.